The Hall–Kier alpha value is -1.06. The number of rotatable bonds is 4. The van der Waals surface area contributed by atoms with Crippen molar-refractivity contribution in [3.63, 3.8) is 0 Å². The molecule has 0 spiro atoms. The van der Waals surface area contributed by atoms with Crippen molar-refractivity contribution in [3.8, 4) is 0 Å². The highest BCUT2D eigenvalue weighted by Crippen LogP contribution is 2.62. The van der Waals surface area contributed by atoms with Crippen molar-refractivity contribution in [2.75, 3.05) is 13.2 Å². The summed E-state index contributed by atoms with van der Waals surface area (Å²) in [6.45, 7) is 5.04. The average Bonchev–Trinajstić information content (AvgIpc) is 2.87. The number of carbonyl (C=O) groups excluding carboxylic acids is 2. The van der Waals surface area contributed by atoms with Crippen molar-refractivity contribution in [1.82, 2.24) is 4.90 Å². The molecule has 1 heterocycles. The Labute approximate surface area is 138 Å². The molecule has 0 N–H and O–H groups in total. The van der Waals surface area contributed by atoms with Gasteiger partial charge in [0.05, 0.1) is 12.5 Å². The lowest BCUT2D eigenvalue weighted by molar-refractivity contribution is -0.148. The second-order valence-electron chi connectivity index (χ2n) is 8.66. The molecule has 1 amide bonds. The molecule has 4 aliphatic carbocycles. The Kier molecular flexibility index (Phi) is 3.69. The van der Waals surface area contributed by atoms with E-state index in [9.17, 15) is 9.59 Å². The molecule has 5 rings (SSSR count). The van der Waals surface area contributed by atoms with E-state index in [0.717, 1.165) is 17.8 Å². The summed E-state index contributed by atoms with van der Waals surface area (Å²) < 4.78 is 5.13. The van der Waals surface area contributed by atoms with Crippen molar-refractivity contribution in [1.29, 1.82) is 0 Å². The number of nitrogens with zero attached hydrogens (tertiary/aromatic N) is 1. The average molecular weight is 319 g/mol. The van der Waals surface area contributed by atoms with Gasteiger partial charge in [-0.3, -0.25) is 9.59 Å². The molecule has 0 aromatic rings. The van der Waals surface area contributed by atoms with Gasteiger partial charge in [0.25, 0.3) is 0 Å². The SMILES string of the molecule is CCOC(=O)[C@@H]1CC(=O)N([C@@H](C)C23CC4CC(CC(C4)C2)C3)C1. The molecule has 1 saturated heterocycles. The van der Waals surface area contributed by atoms with Crippen LogP contribution in [-0.4, -0.2) is 36.0 Å². The van der Waals surface area contributed by atoms with Gasteiger partial charge >= 0.3 is 5.97 Å². The first-order chi connectivity index (χ1) is 11.0. The zero-order valence-corrected chi connectivity index (χ0v) is 14.4. The Bertz CT molecular complexity index is 479. The van der Waals surface area contributed by atoms with Gasteiger partial charge in [0.15, 0.2) is 0 Å². The van der Waals surface area contributed by atoms with E-state index in [-0.39, 0.29) is 23.8 Å². The Morgan fingerprint density at radius 1 is 1.22 bits per heavy atom. The van der Waals surface area contributed by atoms with Crippen LogP contribution in [0.2, 0.25) is 0 Å². The molecular weight excluding hydrogens is 290 g/mol. The van der Waals surface area contributed by atoms with Gasteiger partial charge in [-0.05, 0) is 75.5 Å². The van der Waals surface area contributed by atoms with Crippen LogP contribution in [0.3, 0.4) is 0 Å². The van der Waals surface area contributed by atoms with Gasteiger partial charge in [0.2, 0.25) is 5.91 Å². The van der Waals surface area contributed by atoms with Gasteiger partial charge in [-0.15, -0.1) is 0 Å². The van der Waals surface area contributed by atoms with Crippen LogP contribution >= 0.6 is 0 Å². The number of amides is 1. The molecular formula is C19H29NO3. The van der Waals surface area contributed by atoms with Crippen molar-refractivity contribution >= 4 is 11.9 Å². The van der Waals surface area contributed by atoms with Gasteiger partial charge in [-0.2, -0.15) is 0 Å². The van der Waals surface area contributed by atoms with Gasteiger partial charge < -0.3 is 9.64 Å². The van der Waals surface area contributed by atoms with Crippen LogP contribution in [-0.2, 0) is 14.3 Å². The standard InChI is InChI=1S/C19H29NO3/c1-3-23-18(22)16-7-17(21)20(11-16)12(2)19-8-13-4-14(9-19)6-15(5-13)10-19/h12-16H,3-11H2,1-2H3/t12-,13?,14?,15?,16+,19?/m0/s1. The fourth-order valence-electron chi connectivity index (χ4n) is 6.54. The summed E-state index contributed by atoms with van der Waals surface area (Å²) in [5.74, 6) is 2.39. The van der Waals surface area contributed by atoms with Gasteiger partial charge in [0, 0.05) is 19.0 Å². The van der Waals surface area contributed by atoms with E-state index < -0.39 is 0 Å². The molecule has 4 saturated carbocycles. The minimum absolute atomic E-state index is 0.159. The quantitative estimate of drug-likeness (QED) is 0.748. The molecule has 128 valence electrons. The minimum Gasteiger partial charge on any atom is -0.466 e. The molecule has 0 aromatic heterocycles. The summed E-state index contributed by atoms with van der Waals surface area (Å²) in [7, 11) is 0. The molecule has 0 aromatic carbocycles. The number of likely N-dealkylation sites (tertiary alicyclic amines) is 1. The lowest BCUT2D eigenvalue weighted by Crippen LogP contribution is -2.56. The fraction of sp³-hybridized carbons (Fsp3) is 0.895. The molecule has 5 aliphatic rings. The Morgan fingerprint density at radius 3 is 2.30 bits per heavy atom. The minimum atomic E-state index is -0.251. The second kappa shape index (κ2) is 5.49. The van der Waals surface area contributed by atoms with Gasteiger partial charge in [0.1, 0.15) is 0 Å². The normalized spacial score (nSPS) is 43.0. The first kappa shape index (κ1) is 15.5. The second-order valence-corrected chi connectivity index (χ2v) is 8.66. The van der Waals surface area contributed by atoms with Gasteiger partial charge in [-0.25, -0.2) is 0 Å². The van der Waals surface area contributed by atoms with Crippen molar-refractivity contribution in [2.45, 2.75) is 64.8 Å². The number of ether oxygens (including phenoxy) is 1. The van der Waals surface area contributed by atoms with E-state index in [1.807, 2.05) is 11.8 Å². The monoisotopic (exact) mass is 319 g/mol. The maximum absolute atomic E-state index is 12.5. The third-order valence-corrected chi connectivity index (χ3v) is 7.22. The molecule has 0 unspecified atom stereocenters. The summed E-state index contributed by atoms with van der Waals surface area (Å²) >= 11 is 0. The van der Waals surface area contributed by atoms with Crippen LogP contribution in [0.4, 0.5) is 0 Å². The summed E-state index contributed by atoms with van der Waals surface area (Å²) in [6.07, 6.45) is 8.51. The van der Waals surface area contributed by atoms with Crippen LogP contribution in [0, 0.1) is 29.1 Å². The molecule has 4 nitrogen and oxygen atoms in total. The van der Waals surface area contributed by atoms with Crippen molar-refractivity contribution < 1.29 is 14.3 Å². The smallest absolute Gasteiger partial charge is 0.311 e. The number of carbonyl (C=O) groups is 2. The van der Waals surface area contributed by atoms with E-state index in [1.54, 1.807) is 0 Å². The lowest BCUT2D eigenvalue weighted by Gasteiger charge is -2.60. The summed E-state index contributed by atoms with van der Waals surface area (Å²) in [6, 6.07) is 0.280. The predicted molar refractivity (Wildman–Crippen MR) is 86.5 cm³/mol. The zero-order chi connectivity index (χ0) is 16.2. The highest BCUT2D eigenvalue weighted by Gasteiger charge is 2.55. The summed E-state index contributed by atoms with van der Waals surface area (Å²) in [4.78, 5) is 26.6. The summed E-state index contributed by atoms with van der Waals surface area (Å²) in [5, 5.41) is 0. The molecule has 2 atom stereocenters. The molecule has 23 heavy (non-hydrogen) atoms. The molecule has 1 aliphatic heterocycles. The topological polar surface area (TPSA) is 46.6 Å². The number of hydrogen-bond acceptors (Lipinski definition) is 3. The highest BCUT2D eigenvalue weighted by atomic mass is 16.5. The lowest BCUT2D eigenvalue weighted by atomic mass is 9.47. The van der Waals surface area contributed by atoms with Crippen LogP contribution in [0.5, 0.6) is 0 Å². The van der Waals surface area contributed by atoms with Crippen molar-refractivity contribution in [2.24, 2.45) is 29.1 Å². The largest absolute Gasteiger partial charge is 0.466 e. The third kappa shape index (κ3) is 2.49. The Balaban J connectivity index is 1.50. The van der Waals surface area contributed by atoms with Crippen LogP contribution in [0.1, 0.15) is 58.8 Å². The molecule has 4 heteroatoms. The van der Waals surface area contributed by atoms with E-state index in [0.29, 0.717) is 25.0 Å². The van der Waals surface area contributed by atoms with Crippen LogP contribution in [0.25, 0.3) is 0 Å². The third-order valence-electron chi connectivity index (χ3n) is 7.22. The number of esters is 1. The predicted octanol–water partition coefficient (Wildman–Crippen LogP) is 3.00. The number of hydrogen-bond donors (Lipinski definition) is 0. The highest BCUT2D eigenvalue weighted by molar-refractivity contribution is 5.87. The van der Waals surface area contributed by atoms with Crippen molar-refractivity contribution in [3.05, 3.63) is 0 Å². The first-order valence-corrected chi connectivity index (χ1v) is 9.47. The molecule has 4 bridgehead atoms. The fourth-order valence-corrected chi connectivity index (χ4v) is 6.54. The first-order valence-electron chi connectivity index (χ1n) is 9.47. The maximum atomic E-state index is 12.5. The Morgan fingerprint density at radius 2 is 1.78 bits per heavy atom. The zero-order valence-electron chi connectivity index (χ0n) is 14.4. The van der Waals surface area contributed by atoms with E-state index in [4.69, 9.17) is 4.74 Å². The summed E-state index contributed by atoms with van der Waals surface area (Å²) in [5.41, 5.74) is 0.327. The van der Waals surface area contributed by atoms with Crippen LogP contribution < -0.4 is 0 Å². The molecule has 5 fully saturated rings. The van der Waals surface area contributed by atoms with Gasteiger partial charge in [-0.1, -0.05) is 0 Å². The van der Waals surface area contributed by atoms with E-state index >= 15 is 0 Å². The van der Waals surface area contributed by atoms with Crippen LogP contribution in [0.15, 0.2) is 0 Å². The van der Waals surface area contributed by atoms with E-state index in [2.05, 4.69) is 6.92 Å². The van der Waals surface area contributed by atoms with E-state index in [1.165, 1.54) is 38.5 Å². The maximum Gasteiger partial charge on any atom is 0.311 e. The molecule has 0 radical (unpaired) electrons.